The van der Waals surface area contributed by atoms with Crippen LogP contribution in [0.2, 0.25) is 0 Å². The number of anilines is 1. The molecule has 1 unspecified atom stereocenters. The second-order valence-electron chi connectivity index (χ2n) is 4.74. The van der Waals surface area contributed by atoms with Crippen LogP contribution in [-0.4, -0.2) is 18.9 Å². The maximum atomic E-state index is 12.0. The Kier molecular flexibility index (Phi) is 3.65. The molecule has 4 nitrogen and oxygen atoms in total. The van der Waals surface area contributed by atoms with E-state index in [1.165, 1.54) is 0 Å². The molecular formula is C14H18N2O2. The molecule has 1 saturated carbocycles. The Hall–Kier alpha value is -1.84. The van der Waals surface area contributed by atoms with Crippen molar-refractivity contribution in [2.45, 2.75) is 19.8 Å². The molecule has 1 atom stereocenters. The van der Waals surface area contributed by atoms with Crippen molar-refractivity contribution in [3.8, 4) is 0 Å². The zero-order chi connectivity index (χ0) is 13.1. The van der Waals surface area contributed by atoms with Gasteiger partial charge in [-0.05, 0) is 30.9 Å². The summed E-state index contributed by atoms with van der Waals surface area (Å²) in [5.74, 6) is 0.332. The van der Waals surface area contributed by atoms with Crippen molar-refractivity contribution in [2.24, 2.45) is 11.8 Å². The Morgan fingerprint density at radius 3 is 2.56 bits per heavy atom. The average Bonchev–Trinajstić information content (AvgIpc) is 3.22. The second kappa shape index (κ2) is 5.21. The maximum Gasteiger partial charge on any atom is 0.253 e. The van der Waals surface area contributed by atoms with Crippen molar-refractivity contribution in [2.75, 3.05) is 12.4 Å². The Morgan fingerprint density at radius 2 is 1.94 bits per heavy atom. The van der Waals surface area contributed by atoms with Gasteiger partial charge in [-0.2, -0.15) is 0 Å². The van der Waals surface area contributed by atoms with Gasteiger partial charge in [0.25, 0.3) is 5.91 Å². The molecule has 2 rings (SSSR count). The molecule has 2 amide bonds. The number of hydrogen-bond acceptors (Lipinski definition) is 2. The first-order chi connectivity index (χ1) is 8.63. The van der Waals surface area contributed by atoms with Gasteiger partial charge in [-0.15, -0.1) is 0 Å². The maximum absolute atomic E-state index is 12.0. The van der Waals surface area contributed by atoms with Crippen molar-refractivity contribution in [3.05, 3.63) is 29.8 Å². The molecule has 0 saturated heterocycles. The Balaban J connectivity index is 2.12. The molecule has 0 aromatic heterocycles. The van der Waals surface area contributed by atoms with Crippen LogP contribution in [0.25, 0.3) is 0 Å². The molecule has 0 aliphatic heterocycles. The van der Waals surface area contributed by atoms with Crippen LogP contribution in [0, 0.1) is 11.8 Å². The SMILES string of the molecule is CNC(=O)c1ccccc1NC(=O)C(C)C1CC1. The summed E-state index contributed by atoms with van der Waals surface area (Å²) in [6.45, 7) is 1.94. The van der Waals surface area contributed by atoms with Crippen molar-refractivity contribution in [3.63, 3.8) is 0 Å². The van der Waals surface area contributed by atoms with Crippen LogP contribution >= 0.6 is 0 Å². The van der Waals surface area contributed by atoms with E-state index in [1.54, 1.807) is 25.2 Å². The molecule has 0 bridgehead atoms. The van der Waals surface area contributed by atoms with Crippen LogP contribution in [0.4, 0.5) is 5.69 Å². The Bertz CT molecular complexity index is 467. The quantitative estimate of drug-likeness (QED) is 0.854. The number of nitrogens with one attached hydrogen (secondary N) is 2. The first-order valence-electron chi connectivity index (χ1n) is 6.25. The molecule has 1 aromatic carbocycles. The summed E-state index contributed by atoms with van der Waals surface area (Å²) in [5.41, 5.74) is 1.07. The zero-order valence-corrected chi connectivity index (χ0v) is 10.7. The first-order valence-corrected chi connectivity index (χ1v) is 6.25. The number of benzene rings is 1. The fraction of sp³-hybridized carbons (Fsp3) is 0.429. The molecule has 1 aliphatic rings. The van der Waals surface area contributed by atoms with Crippen LogP contribution in [0.1, 0.15) is 30.1 Å². The number of amides is 2. The Labute approximate surface area is 107 Å². The summed E-state index contributed by atoms with van der Waals surface area (Å²) >= 11 is 0. The average molecular weight is 246 g/mol. The highest BCUT2D eigenvalue weighted by Crippen LogP contribution is 2.37. The van der Waals surface area contributed by atoms with E-state index < -0.39 is 0 Å². The highest BCUT2D eigenvalue weighted by Gasteiger charge is 2.32. The molecule has 4 heteroatoms. The van der Waals surface area contributed by atoms with E-state index in [0.717, 1.165) is 12.8 Å². The highest BCUT2D eigenvalue weighted by atomic mass is 16.2. The van der Waals surface area contributed by atoms with Gasteiger partial charge in [0, 0.05) is 13.0 Å². The van der Waals surface area contributed by atoms with Gasteiger partial charge in [-0.1, -0.05) is 19.1 Å². The van der Waals surface area contributed by atoms with Crippen LogP contribution in [0.5, 0.6) is 0 Å². The minimum atomic E-state index is -0.190. The molecule has 1 fully saturated rings. The number of carbonyl (C=O) groups is 2. The predicted octanol–water partition coefficient (Wildman–Crippen LogP) is 2.03. The second-order valence-corrected chi connectivity index (χ2v) is 4.74. The Morgan fingerprint density at radius 1 is 1.28 bits per heavy atom. The van der Waals surface area contributed by atoms with Gasteiger partial charge in [0.2, 0.25) is 5.91 Å². The largest absolute Gasteiger partial charge is 0.355 e. The van der Waals surface area contributed by atoms with Crippen molar-refractivity contribution in [1.82, 2.24) is 5.32 Å². The summed E-state index contributed by atoms with van der Waals surface area (Å²) in [6, 6.07) is 7.05. The third kappa shape index (κ3) is 2.70. The lowest BCUT2D eigenvalue weighted by Crippen LogP contribution is -2.25. The third-order valence-electron chi connectivity index (χ3n) is 3.40. The molecule has 18 heavy (non-hydrogen) atoms. The van der Waals surface area contributed by atoms with E-state index in [0.29, 0.717) is 17.2 Å². The van der Waals surface area contributed by atoms with Gasteiger partial charge in [0.05, 0.1) is 11.3 Å². The summed E-state index contributed by atoms with van der Waals surface area (Å²) in [5, 5.41) is 5.42. The van der Waals surface area contributed by atoms with E-state index in [4.69, 9.17) is 0 Å². The smallest absolute Gasteiger partial charge is 0.253 e. The van der Waals surface area contributed by atoms with E-state index in [9.17, 15) is 9.59 Å². The fourth-order valence-corrected chi connectivity index (χ4v) is 1.98. The van der Waals surface area contributed by atoms with Crippen LogP contribution < -0.4 is 10.6 Å². The number of para-hydroxylation sites is 1. The molecular weight excluding hydrogens is 228 g/mol. The van der Waals surface area contributed by atoms with E-state index in [1.807, 2.05) is 13.0 Å². The summed E-state index contributed by atoms with van der Waals surface area (Å²) in [4.78, 5) is 23.7. The number of carbonyl (C=O) groups excluding carboxylic acids is 2. The molecule has 0 radical (unpaired) electrons. The lowest BCUT2D eigenvalue weighted by Gasteiger charge is -2.13. The molecule has 1 aliphatic carbocycles. The van der Waals surface area contributed by atoms with Gasteiger partial charge in [0.1, 0.15) is 0 Å². The van der Waals surface area contributed by atoms with Crippen molar-refractivity contribution < 1.29 is 9.59 Å². The van der Waals surface area contributed by atoms with E-state index in [2.05, 4.69) is 10.6 Å². The minimum Gasteiger partial charge on any atom is -0.355 e. The lowest BCUT2D eigenvalue weighted by atomic mass is 10.1. The zero-order valence-electron chi connectivity index (χ0n) is 10.7. The molecule has 2 N–H and O–H groups in total. The minimum absolute atomic E-state index is 0.00569. The van der Waals surface area contributed by atoms with Gasteiger partial charge in [0.15, 0.2) is 0 Å². The first kappa shape index (κ1) is 12.6. The highest BCUT2D eigenvalue weighted by molar-refractivity contribution is 6.04. The fourth-order valence-electron chi connectivity index (χ4n) is 1.98. The van der Waals surface area contributed by atoms with Crippen molar-refractivity contribution >= 4 is 17.5 Å². The standard InChI is InChI=1S/C14H18N2O2/c1-9(10-7-8-10)13(17)16-12-6-4-3-5-11(12)14(18)15-2/h3-6,9-10H,7-8H2,1-2H3,(H,15,18)(H,16,17). The third-order valence-corrected chi connectivity index (χ3v) is 3.40. The normalized spacial score (nSPS) is 15.9. The van der Waals surface area contributed by atoms with Crippen molar-refractivity contribution in [1.29, 1.82) is 0 Å². The van der Waals surface area contributed by atoms with Crippen LogP contribution in [0.3, 0.4) is 0 Å². The monoisotopic (exact) mass is 246 g/mol. The summed E-state index contributed by atoms with van der Waals surface area (Å²) in [7, 11) is 1.58. The van der Waals surface area contributed by atoms with Gasteiger partial charge in [-0.3, -0.25) is 9.59 Å². The molecule has 96 valence electrons. The number of hydrogen-bond donors (Lipinski definition) is 2. The van der Waals surface area contributed by atoms with Gasteiger partial charge >= 0.3 is 0 Å². The van der Waals surface area contributed by atoms with Gasteiger partial charge in [-0.25, -0.2) is 0 Å². The topological polar surface area (TPSA) is 58.2 Å². The van der Waals surface area contributed by atoms with Gasteiger partial charge < -0.3 is 10.6 Å². The van der Waals surface area contributed by atoms with E-state index in [-0.39, 0.29) is 17.7 Å². The molecule has 0 heterocycles. The summed E-state index contributed by atoms with van der Waals surface area (Å²) < 4.78 is 0. The number of rotatable bonds is 4. The predicted molar refractivity (Wildman–Crippen MR) is 70.3 cm³/mol. The lowest BCUT2D eigenvalue weighted by molar-refractivity contribution is -0.119. The van der Waals surface area contributed by atoms with Crippen LogP contribution in [-0.2, 0) is 4.79 Å². The molecule has 1 aromatic rings. The summed E-state index contributed by atoms with van der Waals surface area (Å²) in [6.07, 6.45) is 2.26. The van der Waals surface area contributed by atoms with E-state index >= 15 is 0 Å². The van der Waals surface area contributed by atoms with Crippen LogP contribution in [0.15, 0.2) is 24.3 Å². The molecule has 0 spiro atoms.